The number of carbonyl (C=O) groups excluding carboxylic acids is 1. The van der Waals surface area contributed by atoms with Gasteiger partial charge in [0, 0.05) is 44.8 Å². The Hall–Kier alpha value is -1.62. The van der Waals surface area contributed by atoms with Crippen LogP contribution in [0.1, 0.15) is 24.8 Å². The van der Waals surface area contributed by atoms with Crippen LogP contribution in [0.4, 0.5) is 5.82 Å². The molecule has 1 N–H and O–H groups in total. The van der Waals surface area contributed by atoms with Gasteiger partial charge in [-0.25, -0.2) is 4.98 Å². The van der Waals surface area contributed by atoms with Crippen molar-refractivity contribution in [3.63, 3.8) is 0 Å². The average molecular weight is 288 g/mol. The molecule has 21 heavy (non-hydrogen) atoms. The summed E-state index contributed by atoms with van der Waals surface area (Å²) >= 11 is 0. The van der Waals surface area contributed by atoms with E-state index >= 15 is 0 Å². The van der Waals surface area contributed by atoms with Gasteiger partial charge in [0.05, 0.1) is 0 Å². The molecule has 0 unspecified atom stereocenters. The maximum atomic E-state index is 11.8. The Bertz CT molecular complexity index is 476. The van der Waals surface area contributed by atoms with E-state index in [9.17, 15) is 4.79 Å². The number of piperazine rings is 1. The molecule has 1 saturated heterocycles. The fourth-order valence-electron chi connectivity index (χ4n) is 2.75. The molecule has 114 valence electrons. The summed E-state index contributed by atoms with van der Waals surface area (Å²) < 4.78 is 0. The number of aromatic nitrogens is 1. The van der Waals surface area contributed by atoms with Crippen LogP contribution in [-0.2, 0) is 11.3 Å². The van der Waals surface area contributed by atoms with E-state index in [2.05, 4.69) is 39.3 Å². The number of carbonyl (C=O) groups is 1. The van der Waals surface area contributed by atoms with E-state index in [1.54, 1.807) is 0 Å². The molecule has 1 aromatic heterocycles. The first-order valence-corrected chi connectivity index (χ1v) is 7.88. The molecule has 1 saturated carbocycles. The molecule has 5 nitrogen and oxygen atoms in total. The molecule has 0 bridgehead atoms. The number of nitrogens with zero attached hydrogens (tertiary/aromatic N) is 3. The Kier molecular flexibility index (Phi) is 4.39. The number of likely N-dealkylation sites (N-methyl/N-ethyl adjacent to an activating group) is 1. The summed E-state index contributed by atoms with van der Waals surface area (Å²) in [6.45, 7) is 4.82. The highest BCUT2D eigenvalue weighted by Gasteiger charge is 2.24. The molecular formula is C16H24N4O. The number of nitrogens with one attached hydrogen (secondary N) is 1. The summed E-state index contributed by atoms with van der Waals surface area (Å²) in [5.74, 6) is 1.49. The Morgan fingerprint density at radius 2 is 2.05 bits per heavy atom. The standard InChI is InChI=1S/C16H24N4O/c1-19-7-9-20(10-8-19)15-6-5-13(11-17-15)12-18-16(21)14-3-2-4-14/h5-6,11,14H,2-4,7-10,12H2,1H3,(H,18,21). The first-order chi connectivity index (χ1) is 10.2. The average Bonchev–Trinajstić information content (AvgIpc) is 2.45. The van der Waals surface area contributed by atoms with Gasteiger partial charge >= 0.3 is 0 Å². The lowest BCUT2D eigenvalue weighted by Crippen LogP contribution is -2.44. The summed E-state index contributed by atoms with van der Waals surface area (Å²) in [5.41, 5.74) is 1.07. The van der Waals surface area contributed by atoms with Crippen molar-refractivity contribution < 1.29 is 4.79 Å². The smallest absolute Gasteiger partial charge is 0.223 e. The Labute approximate surface area is 126 Å². The molecule has 2 fully saturated rings. The normalized spacial score (nSPS) is 20.1. The quantitative estimate of drug-likeness (QED) is 0.906. The predicted octanol–water partition coefficient (Wildman–Crippen LogP) is 1.25. The maximum Gasteiger partial charge on any atom is 0.223 e. The van der Waals surface area contributed by atoms with Gasteiger partial charge < -0.3 is 15.1 Å². The van der Waals surface area contributed by atoms with Gasteiger partial charge in [0.2, 0.25) is 5.91 Å². The lowest BCUT2D eigenvalue weighted by molar-refractivity contribution is -0.127. The molecular weight excluding hydrogens is 264 g/mol. The van der Waals surface area contributed by atoms with Gasteiger partial charge in [-0.05, 0) is 31.5 Å². The van der Waals surface area contributed by atoms with Crippen LogP contribution in [0.5, 0.6) is 0 Å². The second kappa shape index (κ2) is 6.43. The summed E-state index contributed by atoms with van der Waals surface area (Å²) in [4.78, 5) is 21.0. The van der Waals surface area contributed by atoms with Crippen molar-refractivity contribution in [3.8, 4) is 0 Å². The maximum absolute atomic E-state index is 11.8. The monoisotopic (exact) mass is 288 g/mol. The Morgan fingerprint density at radius 3 is 2.62 bits per heavy atom. The van der Waals surface area contributed by atoms with Crippen LogP contribution in [0.2, 0.25) is 0 Å². The predicted molar refractivity (Wildman–Crippen MR) is 83.1 cm³/mol. The minimum absolute atomic E-state index is 0.199. The minimum atomic E-state index is 0.199. The number of amides is 1. The van der Waals surface area contributed by atoms with Gasteiger partial charge in [0.15, 0.2) is 0 Å². The zero-order valence-electron chi connectivity index (χ0n) is 12.7. The summed E-state index contributed by atoms with van der Waals surface area (Å²) in [7, 11) is 2.15. The molecule has 0 radical (unpaired) electrons. The molecule has 1 aliphatic carbocycles. The van der Waals surface area contributed by atoms with Crippen LogP contribution in [0.3, 0.4) is 0 Å². The Morgan fingerprint density at radius 1 is 1.29 bits per heavy atom. The van der Waals surface area contributed by atoms with Crippen molar-refractivity contribution in [1.82, 2.24) is 15.2 Å². The largest absolute Gasteiger partial charge is 0.354 e. The van der Waals surface area contributed by atoms with E-state index in [0.29, 0.717) is 6.54 Å². The van der Waals surface area contributed by atoms with Crippen LogP contribution in [0, 0.1) is 5.92 Å². The van der Waals surface area contributed by atoms with Crippen molar-refractivity contribution in [2.24, 2.45) is 5.92 Å². The topological polar surface area (TPSA) is 48.5 Å². The van der Waals surface area contributed by atoms with Crippen LogP contribution in [-0.4, -0.2) is 49.0 Å². The second-order valence-corrected chi connectivity index (χ2v) is 6.16. The van der Waals surface area contributed by atoms with Gasteiger partial charge in [-0.15, -0.1) is 0 Å². The molecule has 0 aromatic carbocycles. The molecule has 1 aliphatic heterocycles. The van der Waals surface area contributed by atoms with E-state index in [1.807, 2.05) is 6.20 Å². The van der Waals surface area contributed by atoms with Crippen molar-refractivity contribution >= 4 is 11.7 Å². The zero-order valence-corrected chi connectivity index (χ0v) is 12.7. The highest BCUT2D eigenvalue weighted by Crippen LogP contribution is 2.26. The lowest BCUT2D eigenvalue weighted by atomic mass is 9.85. The van der Waals surface area contributed by atoms with E-state index in [0.717, 1.165) is 50.4 Å². The highest BCUT2D eigenvalue weighted by atomic mass is 16.1. The molecule has 0 atom stereocenters. The van der Waals surface area contributed by atoms with Gasteiger partial charge in [-0.2, -0.15) is 0 Å². The van der Waals surface area contributed by atoms with E-state index in [1.165, 1.54) is 6.42 Å². The fraction of sp³-hybridized carbons (Fsp3) is 0.625. The Balaban J connectivity index is 1.50. The number of rotatable bonds is 4. The molecule has 0 spiro atoms. The minimum Gasteiger partial charge on any atom is -0.354 e. The van der Waals surface area contributed by atoms with Gasteiger partial charge in [-0.3, -0.25) is 4.79 Å². The van der Waals surface area contributed by atoms with Crippen molar-refractivity contribution in [2.75, 3.05) is 38.1 Å². The molecule has 5 heteroatoms. The van der Waals surface area contributed by atoms with Gasteiger partial charge in [-0.1, -0.05) is 12.5 Å². The van der Waals surface area contributed by atoms with Crippen LogP contribution >= 0.6 is 0 Å². The third kappa shape index (κ3) is 3.53. The van der Waals surface area contributed by atoms with Crippen LogP contribution in [0.25, 0.3) is 0 Å². The van der Waals surface area contributed by atoms with Crippen molar-refractivity contribution in [3.05, 3.63) is 23.9 Å². The summed E-state index contributed by atoms with van der Waals surface area (Å²) in [6, 6.07) is 4.14. The second-order valence-electron chi connectivity index (χ2n) is 6.16. The third-order valence-corrected chi connectivity index (χ3v) is 4.58. The lowest BCUT2D eigenvalue weighted by Gasteiger charge is -2.33. The molecule has 1 amide bonds. The van der Waals surface area contributed by atoms with Crippen molar-refractivity contribution in [2.45, 2.75) is 25.8 Å². The van der Waals surface area contributed by atoms with Crippen LogP contribution < -0.4 is 10.2 Å². The molecule has 1 aromatic rings. The number of pyridine rings is 1. The number of anilines is 1. The van der Waals surface area contributed by atoms with Crippen molar-refractivity contribution in [1.29, 1.82) is 0 Å². The van der Waals surface area contributed by atoms with E-state index in [-0.39, 0.29) is 11.8 Å². The zero-order chi connectivity index (χ0) is 14.7. The number of hydrogen-bond acceptors (Lipinski definition) is 4. The summed E-state index contributed by atoms with van der Waals surface area (Å²) in [5, 5.41) is 3.01. The SMILES string of the molecule is CN1CCN(c2ccc(CNC(=O)C3CCC3)cn2)CC1. The highest BCUT2D eigenvalue weighted by molar-refractivity contribution is 5.79. The first kappa shape index (κ1) is 14.3. The summed E-state index contributed by atoms with van der Waals surface area (Å²) in [6.07, 6.45) is 5.17. The third-order valence-electron chi connectivity index (χ3n) is 4.58. The molecule has 2 aliphatic rings. The fourth-order valence-corrected chi connectivity index (χ4v) is 2.75. The van der Waals surface area contributed by atoms with Crippen LogP contribution in [0.15, 0.2) is 18.3 Å². The van der Waals surface area contributed by atoms with Gasteiger partial charge in [0.25, 0.3) is 0 Å². The molecule has 3 rings (SSSR count). The van der Waals surface area contributed by atoms with E-state index < -0.39 is 0 Å². The van der Waals surface area contributed by atoms with E-state index in [4.69, 9.17) is 0 Å². The first-order valence-electron chi connectivity index (χ1n) is 7.88. The molecule has 2 heterocycles. The van der Waals surface area contributed by atoms with Gasteiger partial charge in [0.1, 0.15) is 5.82 Å². The number of hydrogen-bond donors (Lipinski definition) is 1.